The van der Waals surface area contributed by atoms with Gasteiger partial charge < -0.3 is 4.90 Å². The molecule has 11 rings (SSSR count). The Labute approximate surface area is 317 Å². The largest absolute Gasteiger partial charge is 0.310 e. The van der Waals surface area contributed by atoms with Crippen molar-refractivity contribution in [3.8, 4) is 22.3 Å². The van der Waals surface area contributed by atoms with Gasteiger partial charge in [-0.2, -0.15) is 0 Å². The highest BCUT2D eigenvalue weighted by atomic mass is 32.1. The van der Waals surface area contributed by atoms with Crippen LogP contribution in [0.4, 0.5) is 17.1 Å². The van der Waals surface area contributed by atoms with Crippen LogP contribution in [0.3, 0.4) is 0 Å². The van der Waals surface area contributed by atoms with Crippen LogP contribution >= 0.6 is 11.3 Å². The van der Waals surface area contributed by atoms with Gasteiger partial charge in [0, 0.05) is 36.9 Å². The van der Waals surface area contributed by atoms with Crippen molar-refractivity contribution in [2.75, 3.05) is 4.90 Å². The van der Waals surface area contributed by atoms with Gasteiger partial charge in [-0.05, 0) is 102 Å². The molecular weight excluding hydrogens is 671 g/mol. The zero-order valence-corrected chi connectivity index (χ0v) is 30.2. The van der Waals surface area contributed by atoms with Crippen molar-refractivity contribution in [1.82, 2.24) is 0 Å². The number of hydrogen-bond donors (Lipinski definition) is 0. The van der Waals surface area contributed by atoms with Crippen molar-refractivity contribution in [3.05, 3.63) is 200 Å². The van der Waals surface area contributed by atoms with E-state index in [0.29, 0.717) is 0 Å². The molecule has 0 saturated heterocycles. The molecule has 10 aromatic carbocycles. The van der Waals surface area contributed by atoms with Crippen LogP contribution in [-0.2, 0) is 0 Å². The fourth-order valence-electron chi connectivity index (χ4n) is 8.45. The maximum Gasteiger partial charge on any atom is 0.0554 e. The van der Waals surface area contributed by atoms with Crippen LogP contribution in [0.15, 0.2) is 200 Å². The summed E-state index contributed by atoms with van der Waals surface area (Å²) >= 11 is 1.87. The van der Waals surface area contributed by atoms with Crippen molar-refractivity contribution in [2.45, 2.75) is 0 Å². The molecule has 0 N–H and O–H groups in total. The average molecular weight is 704 g/mol. The zero-order chi connectivity index (χ0) is 35.6. The maximum atomic E-state index is 2.44. The highest BCUT2D eigenvalue weighted by molar-refractivity contribution is 7.26. The highest BCUT2D eigenvalue weighted by Gasteiger charge is 2.20. The summed E-state index contributed by atoms with van der Waals surface area (Å²) in [5.74, 6) is 0. The fourth-order valence-corrected chi connectivity index (χ4v) is 9.61. The normalized spacial score (nSPS) is 11.7. The standard InChI is InChI=1S/C52H33NS/c1-2-11-34(12-3-1)37-14-10-15-41(32-37)53(49-33-51-52(47-18-7-6-17-46(47)49)48-19-8-9-20-50(48)54-51)40-26-21-35(22-27-40)38-24-28-43-39(31-38)25-30-44-42-16-5-4-13-36(42)23-29-45(43)44/h1-33H. The summed E-state index contributed by atoms with van der Waals surface area (Å²) in [6.07, 6.45) is 0. The van der Waals surface area contributed by atoms with E-state index in [1.54, 1.807) is 0 Å². The van der Waals surface area contributed by atoms with E-state index in [4.69, 9.17) is 0 Å². The molecule has 0 amide bonds. The minimum Gasteiger partial charge on any atom is -0.310 e. The van der Waals surface area contributed by atoms with Gasteiger partial charge in [0.2, 0.25) is 0 Å². The molecule has 252 valence electrons. The summed E-state index contributed by atoms with van der Waals surface area (Å²) < 4.78 is 2.61. The minimum atomic E-state index is 1.12. The van der Waals surface area contributed by atoms with Crippen LogP contribution < -0.4 is 4.90 Å². The predicted molar refractivity (Wildman–Crippen MR) is 235 cm³/mol. The molecule has 0 aliphatic rings. The van der Waals surface area contributed by atoms with Gasteiger partial charge >= 0.3 is 0 Å². The lowest BCUT2D eigenvalue weighted by Gasteiger charge is -2.28. The summed E-state index contributed by atoms with van der Waals surface area (Å²) in [5, 5.41) is 12.9. The molecule has 1 heterocycles. The number of thiophene rings is 1. The second-order valence-corrected chi connectivity index (χ2v) is 15.2. The molecular formula is C52H33NS. The van der Waals surface area contributed by atoms with Crippen molar-refractivity contribution in [1.29, 1.82) is 0 Å². The second-order valence-electron chi connectivity index (χ2n) is 14.1. The molecule has 0 aliphatic carbocycles. The lowest BCUT2D eigenvalue weighted by atomic mass is 9.94. The number of nitrogens with zero attached hydrogens (tertiary/aromatic N) is 1. The van der Waals surface area contributed by atoms with E-state index in [0.717, 1.165) is 11.4 Å². The van der Waals surface area contributed by atoms with Crippen LogP contribution in [0.5, 0.6) is 0 Å². The van der Waals surface area contributed by atoms with Crippen LogP contribution in [0.2, 0.25) is 0 Å². The van der Waals surface area contributed by atoms with Crippen molar-refractivity contribution < 1.29 is 0 Å². The van der Waals surface area contributed by atoms with Crippen LogP contribution in [0.25, 0.3) is 85.5 Å². The van der Waals surface area contributed by atoms with E-state index >= 15 is 0 Å². The first-order valence-corrected chi connectivity index (χ1v) is 19.3. The highest BCUT2D eigenvalue weighted by Crippen LogP contribution is 2.47. The quantitative estimate of drug-likeness (QED) is 0.161. The molecule has 0 fully saturated rings. The molecule has 0 radical (unpaired) electrons. The molecule has 11 aromatic rings. The molecule has 0 aliphatic heterocycles. The molecule has 0 spiro atoms. The summed E-state index contributed by atoms with van der Waals surface area (Å²) in [7, 11) is 0. The molecule has 1 aromatic heterocycles. The van der Waals surface area contributed by atoms with Gasteiger partial charge in [0.05, 0.1) is 5.69 Å². The monoisotopic (exact) mass is 703 g/mol. The van der Waals surface area contributed by atoms with Gasteiger partial charge in [-0.25, -0.2) is 0 Å². The average Bonchev–Trinajstić information content (AvgIpc) is 3.63. The first-order chi connectivity index (χ1) is 26.8. The van der Waals surface area contributed by atoms with E-state index in [-0.39, 0.29) is 0 Å². The fraction of sp³-hybridized carbons (Fsp3) is 0. The maximum absolute atomic E-state index is 2.44. The van der Waals surface area contributed by atoms with Gasteiger partial charge in [0.1, 0.15) is 0 Å². The zero-order valence-electron chi connectivity index (χ0n) is 29.4. The number of rotatable bonds is 5. The first kappa shape index (κ1) is 30.8. The first-order valence-electron chi connectivity index (χ1n) is 18.5. The van der Waals surface area contributed by atoms with E-state index in [9.17, 15) is 0 Å². The topological polar surface area (TPSA) is 3.24 Å². The molecule has 0 bridgehead atoms. The van der Waals surface area contributed by atoms with Crippen LogP contribution in [0.1, 0.15) is 0 Å². The molecule has 1 nitrogen and oxygen atoms in total. The van der Waals surface area contributed by atoms with Gasteiger partial charge in [-0.1, -0.05) is 158 Å². The van der Waals surface area contributed by atoms with Gasteiger partial charge in [0.25, 0.3) is 0 Å². The Bertz CT molecular complexity index is 3210. The van der Waals surface area contributed by atoms with Crippen LogP contribution in [-0.4, -0.2) is 0 Å². The second kappa shape index (κ2) is 12.4. The molecule has 0 saturated carbocycles. The number of fused-ring (bicyclic) bond motifs is 10. The van der Waals surface area contributed by atoms with Crippen molar-refractivity contribution >= 4 is 91.7 Å². The predicted octanol–water partition coefficient (Wildman–Crippen LogP) is 15.5. The van der Waals surface area contributed by atoms with Crippen molar-refractivity contribution in [3.63, 3.8) is 0 Å². The molecule has 54 heavy (non-hydrogen) atoms. The number of hydrogen-bond acceptors (Lipinski definition) is 2. The molecule has 2 heteroatoms. The van der Waals surface area contributed by atoms with E-state index < -0.39 is 0 Å². The SMILES string of the molecule is c1ccc(-c2cccc(N(c3ccc(-c4ccc5c(ccc6c7ccccc7ccc56)c4)cc3)c3cc4sc5ccccc5c4c4ccccc34)c2)cc1. The van der Waals surface area contributed by atoms with Gasteiger partial charge in [0.15, 0.2) is 0 Å². The molecule has 0 atom stereocenters. The Balaban J connectivity index is 1.07. The van der Waals surface area contributed by atoms with Crippen LogP contribution in [0, 0.1) is 0 Å². The van der Waals surface area contributed by atoms with E-state index in [2.05, 4.69) is 205 Å². The van der Waals surface area contributed by atoms with E-state index in [1.165, 1.54) is 91.2 Å². The summed E-state index contributed by atoms with van der Waals surface area (Å²) in [6, 6.07) is 73.5. The third-order valence-electron chi connectivity index (χ3n) is 11.0. The van der Waals surface area contributed by atoms with Crippen molar-refractivity contribution in [2.24, 2.45) is 0 Å². The summed E-state index contributed by atoms with van der Waals surface area (Å²) in [6.45, 7) is 0. The summed E-state index contributed by atoms with van der Waals surface area (Å²) in [4.78, 5) is 2.44. The lowest BCUT2D eigenvalue weighted by Crippen LogP contribution is -2.10. The number of benzene rings is 10. The van der Waals surface area contributed by atoms with Gasteiger partial charge in [-0.3, -0.25) is 0 Å². The van der Waals surface area contributed by atoms with E-state index in [1.807, 2.05) is 11.3 Å². The van der Waals surface area contributed by atoms with Gasteiger partial charge in [-0.15, -0.1) is 11.3 Å². The minimum absolute atomic E-state index is 1.12. The Hall–Kier alpha value is -6.74. The number of anilines is 3. The summed E-state index contributed by atoms with van der Waals surface area (Å²) in [5.41, 5.74) is 8.22. The third-order valence-corrected chi connectivity index (χ3v) is 12.1. The Kier molecular flexibility index (Phi) is 7.11. The Morgan fingerprint density at radius 3 is 1.72 bits per heavy atom. The lowest BCUT2D eigenvalue weighted by molar-refractivity contribution is 1.30. The Morgan fingerprint density at radius 1 is 0.296 bits per heavy atom. The third kappa shape index (κ3) is 4.99. The molecule has 0 unspecified atom stereocenters. The Morgan fingerprint density at radius 2 is 0.889 bits per heavy atom. The smallest absolute Gasteiger partial charge is 0.0554 e.